The molecule has 0 bridgehead atoms. The van der Waals surface area contributed by atoms with Gasteiger partial charge in [0.15, 0.2) is 11.6 Å². The van der Waals surface area contributed by atoms with E-state index < -0.39 is 35.9 Å². The minimum absolute atomic E-state index is 0.0690. The molecule has 0 saturated carbocycles. The van der Waals surface area contributed by atoms with Crippen molar-refractivity contribution in [1.82, 2.24) is 25.0 Å². The maximum atomic E-state index is 13.9. The molecule has 0 unspecified atom stereocenters. The van der Waals surface area contributed by atoms with Crippen molar-refractivity contribution in [2.24, 2.45) is 5.73 Å². The Kier molecular flexibility index (Phi) is 8.32. The Bertz CT molecular complexity index is 1260. The van der Waals surface area contributed by atoms with Crippen LogP contribution in [0.1, 0.15) is 42.7 Å². The SMILES string of the molecule is CC(C)(N)C(=O)N[C@H](COCc1ccccc1)c1nnc2n1CCN(C(=O)OCc1c(F)cccc1F)C2. The van der Waals surface area contributed by atoms with E-state index in [4.69, 9.17) is 15.2 Å². The number of benzene rings is 2. The van der Waals surface area contributed by atoms with E-state index in [9.17, 15) is 18.4 Å². The van der Waals surface area contributed by atoms with Gasteiger partial charge >= 0.3 is 6.09 Å². The Balaban J connectivity index is 1.43. The van der Waals surface area contributed by atoms with E-state index >= 15 is 0 Å². The van der Waals surface area contributed by atoms with Gasteiger partial charge in [0.05, 0.1) is 30.9 Å². The van der Waals surface area contributed by atoms with E-state index in [0.29, 0.717) is 24.8 Å². The molecule has 2 heterocycles. The molecule has 3 aromatic rings. The number of carbonyl (C=O) groups is 2. The Morgan fingerprint density at radius 1 is 1.05 bits per heavy atom. The summed E-state index contributed by atoms with van der Waals surface area (Å²) in [4.78, 5) is 26.6. The average Bonchev–Trinajstić information content (AvgIpc) is 3.31. The van der Waals surface area contributed by atoms with E-state index in [1.807, 2.05) is 30.3 Å². The highest BCUT2D eigenvalue weighted by atomic mass is 19.1. The van der Waals surface area contributed by atoms with Crippen molar-refractivity contribution >= 4 is 12.0 Å². The number of nitrogens with one attached hydrogen (secondary N) is 1. The summed E-state index contributed by atoms with van der Waals surface area (Å²) in [6.45, 7) is 3.74. The number of aromatic nitrogens is 3. The Hall–Kier alpha value is -3.90. The van der Waals surface area contributed by atoms with Crippen molar-refractivity contribution in [2.75, 3.05) is 13.2 Å². The van der Waals surface area contributed by atoms with Gasteiger partial charge in [-0.25, -0.2) is 13.6 Å². The van der Waals surface area contributed by atoms with E-state index in [1.54, 1.807) is 18.4 Å². The molecule has 3 N–H and O–H groups in total. The highest BCUT2D eigenvalue weighted by molar-refractivity contribution is 5.85. The molecule has 10 nitrogen and oxygen atoms in total. The van der Waals surface area contributed by atoms with Crippen molar-refractivity contribution in [2.45, 2.75) is 51.7 Å². The van der Waals surface area contributed by atoms with Gasteiger partial charge in [-0.1, -0.05) is 36.4 Å². The van der Waals surface area contributed by atoms with E-state index in [1.165, 1.54) is 11.0 Å². The highest BCUT2D eigenvalue weighted by Crippen LogP contribution is 2.21. The molecule has 1 aliphatic heterocycles. The van der Waals surface area contributed by atoms with Crippen LogP contribution in [0.4, 0.5) is 13.6 Å². The fraction of sp³-hybridized carbons (Fsp3) is 0.385. The molecular weight excluding hydrogens is 498 g/mol. The minimum Gasteiger partial charge on any atom is -0.444 e. The van der Waals surface area contributed by atoms with Crippen LogP contribution in [0.3, 0.4) is 0 Å². The molecule has 12 heteroatoms. The van der Waals surface area contributed by atoms with Gasteiger partial charge < -0.3 is 25.1 Å². The molecule has 0 fully saturated rings. The maximum absolute atomic E-state index is 13.9. The predicted molar refractivity (Wildman–Crippen MR) is 132 cm³/mol. The normalized spacial score (nSPS) is 14.1. The number of ether oxygens (including phenoxy) is 2. The standard InChI is InChI=1S/C26H30F2N6O4/c1-26(2,29)24(35)30-21(16-37-14-17-7-4-3-5-8-17)23-32-31-22-13-33(11-12-34(22)23)25(36)38-15-18-19(27)9-6-10-20(18)28/h3-10,21H,11-16,29H2,1-2H3,(H,30,35)/t21-/m1/s1. The molecular formula is C26H30F2N6O4. The van der Waals surface area contributed by atoms with E-state index in [2.05, 4.69) is 15.5 Å². The molecule has 38 heavy (non-hydrogen) atoms. The molecule has 4 rings (SSSR count). The molecule has 2 aromatic carbocycles. The summed E-state index contributed by atoms with van der Waals surface area (Å²) in [5.41, 5.74) is 5.51. The van der Waals surface area contributed by atoms with E-state index in [-0.39, 0.29) is 31.2 Å². The zero-order valence-corrected chi connectivity index (χ0v) is 21.2. The fourth-order valence-corrected chi connectivity index (χ4v) is 3.88. The van der Waals surface area contributed by atoms with Gasteiger partial charge in [0.25, 0.3) is 0 Å². The summed E-state index contributed by atoms with van der Waals surface area (Å²) >= 11 is 0. The monoisotopic (exact) mass is 528 g/mol. The van der Waals surface area contributed by atoms with Crippen molar-refractivity contribution in [3.05, 3.63) is 82.9 Å². The molecule has 1 aromatic heterocycles. The Morgan fingerprint density at radius 3 is 2.45 bits per heavy atom. The zero-order chi connectivity index (χ0) is 27.3. The van der Waals surface area contributed by atoms with Crippen LogP contribution in [0.2, 0.25) is 0 Å². The topological polar surface area (TPSA) is 125 Å². The number of rotatable bonds is 9. The lowest BCUT2D eigenvalue weighted by Crippen LogP contribution is -2.51. The fourth-order valence-electron chi connectivity index (χ4n) is 3.88. The third-order valence-corrected chi connectivity index (χ3v) is 6.04. The number of carbonyl (C=O) groups excluding carboxylic acids is 2. The van der Waals surface area contributed by atoms with Crippen LogP contribution in [0.25, 0.3) is 0 Å². The lowest BCUT2D eigenvalue weighted by Gasteiger charge is -2.29. The van der Waals surface area contributed by atoms with Crippen molar-refractivity contribution in [3.63, 3.8) is 0 Å². The van der Waals surface area contributed by atoms with Gasteiger partial charge in [0.1, 0.15) is 24.3 Å². The van der Waals surface area contributed by atoms with Gasteiger partial charge in [-0.15, -0.1) is 10.2 Å². The summed E-state index contributed by atoms with van der Waals surface area (Å²) in [7, 11) is 0. The number of hydrogen-bond acceptors (Lipinski definition) is 7. The number of halogens is 2. The quantitative estimate of drug-likeness (QED) is 0.438. The van der Waals surface area contributed by atoms with Crippen LogP contribution in [0, 0.1) is 11.6 Å². The summed E-state index contributed by atoms with van der Waals surface area (Å²) < 4.78 is 40.5. The van der Waals surface area contributed by atoms with Crippen LogP contribution < -0.4 is 11.1 Å². The van der Waals surface area contributed by atoms with Crippen LogP contribution in [0.15, 0.2) is 48.5 Å². The van der Waals surface area contributed by atoms with Crippen molar-refractivity contribution < 1.29 is 27.8 Å². The number of fused-ring (bicyclic) bond motifs is 1. The van der Waals surface area contributed by atoms with Crippen LogP contribution in [0.5, 0.6) is 0 Å². The minimum atomic E-state index is -1.12. The number of nitrogens with zero attached hydrogens (tertiary/aromatic N) is 4. The Morgan fingerprint density at radius 2 is 1.76 bits per heavy atom. The summed E-state index contributed by atoms with van der Waals surface area (Å²) in [5.74, 6) is -1.03. The van der Waals surface area contributed by atoms with Crippen LogP contribution >= 0.6 is 0 Å². The third-order valence-electron chi connectivity index (χ3n) is 6.04. The van der Waals surface area contributed by atoms with Gasteiger partial charge in [-0.2, -0.15) is 0 Å². The second kappa shape index (κ2) is 11.7. The summed E-state index contributed by atoms with van der Waals surface area (Å²) in [5, 5.41) is 11.4. The number of amides is 2. The molecule has 1 atom stereocenters. The highest BCUT2D eigenvalue weighted by Gasteiger charge is 2.32. The molecule has 0 saturated heterocycles. The van der Waals surface area contributed by atoms with Gasteiger partial charge in [-0.3, -0.25) is 9.69 Å². The molecule has 0 spiro atoms. The van der Waals surface area contributed by atoms with E-state index in [0.717, 1.165) is 17.7 Å². The van der Waals surface area contributed by atoms with Gasteiger partial charge in [-0.05, 0) is 31.5 Å². The number of nitrogens with two attached hydrogens (primary N) is 1. The van der Waals surface area contributed by atoms with Gasteiger partial charge in [0.2, 0.25) is 5.91 Å². The summed E-state index contributed by atoms with van der Waals surface area (Å²) in [6, 6.07) is 12.4. The maximum Gasteiger partial charge on any atom is 0.410 e. The van der Waals surface area contributed by atoms with Gasteiger partial charge in [0, 0.05) is 13.1 Å². The predicted octanol–water partition coefficient (Wildman–Crippen LogP) is 2.82. The second-order valence-electron chi connectivity index (χ2n) is 9.55. The lowest BCUT2D eigenvalue weighted by atomic mass is 10.1. The largest absolute Gasteiger partial charge is 0.444 e. The number of hydrogen-bond donors (Lipinski definition) is 2. The lowest BCUT2D eigenvalue weighted by molar-refractivity contribution is -0.126. The molecule has 1 aliphatic rings. The van der Waals surface area contributed by atoms with Crippen molar-refractivity contribution in [1.29, 1.82) is 0 Å². The van der Waals surface area contributed by atoms with Crippen LogP contribution in [-0.2, 0) is 40.6 Å². The summed E-state index contributed by atoms with van der Waals surface area (Å²) in [6.07, 6.45) is -0.732. The molecule has 202 valence electrons. The molecule has 0 aliphatic carbocycles. The van der Waals surface area contributed by atoms with Crippen LogP contribution in [-0.4, -0.2) is 50.4 Å². The Labute approximate surface area is 218 Å². The third kappa shape index (κ3) is 6.50. The first-order valence-electron chi connectivity index (χ1n) is 12.1. The first kappa shape index (κ1) is 27.1. The van der Waals surface area contributed by atoms with Crippen molar-refractivity contribution in [3.8, 4) is 0 Å². The second-order valence-corrected chi connectivity index (χ2v) is 9.55. The zero-order valence-electron chi connectivity index (χ0n) is 21.2. The average molecular weight is 529 g/mol. The smallest absolute Gasteiger partial charge is 0.410 e. The molecule has 0 radical (unpaired) electrons. The first-order valence-corrected chi connectivity index (χ1v) is 12.1. The molecule has 2 amide bonds. The first-order chi connectivity index (χ1) is 18.1.